The van der Waals surface area contributed by atoms with Gasteiger partial charge in [-0.3, -0.25) is 0 Å². The van der Waals surface area contributed by atoms with E-state index in [1.807, 2.05) is 0 Å². The first-order valence-electron chi connectivity index (χ1n) is 10.0. The van der Waals surface area contributed by atoms with Gasteiger partial charge in [0.1, 0.15) is 0 Å². The number of carbonyl (C=O) groups is 3. The number of aliphatic carboxylic acids is 3. The van der Waals surface area contributed by atoms with Crippen molar-refractivity contribution in [1.29, 1.82) is 0 Å². The van der Waals surface area contributed by atoms with E-state index in [1.54, 1.807) is 0 Å². The number of unbranched alkanes of at least 4 members (excludes halogenated alkanes) is 3. The van der Waals surface area contributed by atoms with Gasteiger partial charge in [0.25, 0.3) is 0 Å². The zero-order valence-corrected chi connectivity index (χ0v) is 19.3. The van der Waals surface area contributed by atoms with Crippen LogP contribution in [0, 0.1) is 0 Å². The predicted molar refractivity (Wildman–Crippen MR) is 108 cm³/mol. The summed E-state index contributed by atoms with van der Waals surface area (Å²) >= 11 is 0. The summed E-state index contributed by atoms with van der Waals surface area (Å²) in [5.41, 5.74) is 31.0. The number of nitrogens with two attached hydrogens (primary N) is 6. The molecule has 3 atom stereocenters. The average molecular weight is 488 g/mol. The van der Waals surface area contributed by atoms with Crippen molar-refractivity contribution < 1.29 is 47.1 Å². The van der Waals surface area contributed by atoms with E-state index in [4.69, 9.17) is 34.4 Å². The molecule has 1 radical (unpaired) electrons. The molecule has 0 unspecified atom stereocenters. The van der Waals surface area contributed by atoms with Crippen LogP contribution in [0.1, 0.15) is 57.8 Å². The first-order valence-corrected chi connectivity index (χ1v) is 10.0. The van der Waals surface area contributed by atoms with Crippen molar-refractivity contribution in [3.63, 3.8) is 0 Å². The SMILES string of the molecule is NCCCC[C@H](N)C(=O)[O-].NCCCC[C@H](N)C(=O)[O-].NCCCC[C@H](N)C(=O)[O-].[Cr+3]. The standard InChI is InChI=1S/3C6H14N2O2.Cr/c3*7-4-2-1-3-5(8)6(9)10;/h3*5H,1-4,7-8H2,(H,9,10);/q;;;+3/p-3/t3*5-;/m000./s1. The first-order chi connectivity index (χ1) is 14.0. The smallest absolute Gasteiger partial charge is 0.548 e. The van der Waals surface area contributed by atoms with E-state index in [9.17, 15) is 29.7 Å². The molecule has 0 aliphatic carbocycles. The summed E-state index contributed by atoms with van der Waals surface area (Å²) in [7, 11) is 0. The van der Waals surface area contributed by atoms with Crippen LogP contribution in [0.15, 0.2) is 0 Å². The second-order valence-corrected chi connectivity index (χ2v) is 6.63. The number of carboxylic acid groups (broad SMARTS) is 3. The first kappa shape index (κ1) is 37.0. The number of hydrogen-bond acceptors (Lipinski definition) is 12. The summed E-state index contributed by atoms with van der Waals surface area (Å²) < 4.78 is 0. The van der Waals surface area contributed by atoms with Gasteiger partial charge in [-0.05, 0) is 58.2 Å². The Kier molecular flexibility index (Phi) is 31.9. The zero-order valence-electron chi connectivity index (χ0n) is 18.0. The van der Waals surface area contributed by atoms with Crippen LogP contribution in [0.2, 0.25) is 0 Å². The summed E-state index contributed by atoms with van der Waals surface area (Å²) in [4.78, 5) is 30.1. The van der Waals surface area contributed by atoms with Crippen molar-refractivity contribution in [3.8, 4) is 0 Å². The van der Waals surface area contributed by atoms with Crippen LogP contribution in [-0.2, 0) is 31.7 Å². The van der Waals surface area contributed by atoms with Gasteiger partial charge in [0.15, 0.2) is 0 Å². The molecule has 0 amide bonds. The molecule has 0 aliphatic heterocycles. The molecular weight excluding hydrogens is 448 g/mol. The molecule has 0 saturated heterocycles. The van der Waals surface area contributed by atoms with Gasteiger partial charge >= 0.3 is 17.4 Å². The summed E-state index contributed by atoms with van der Waals surface area (Å²) in [5.74, 6) is -3.55. The van der Waals surface area contributed by atoms with Crippen LogP contribution in [0.5, 0.6) is 0 Å². The molecule has 0 rings (SSSR count). The van der Waals surface area contributed by atoms with Crippen molar-refractivity contribution >= 4 is 17.9 Å². The van der Waals surface area contributed by atoms with Crippen molar-refractivity contribution in [1.82, 2.24) is 0 Å². The van der Waals surface area contributed by atoms with E-state index in [0.717, 1.165) is 38.5 Å². The minimum atomic E-state index is -1.18. The van der Waals surface area contributed by atoms with Gasteiger partial charge < -0.3 is 64.1 Å². The Hall–Kier alpha value is -1.30. The van der Waals surface area contributed by atoms with Crippen molar-refractivity contribution in [3.05, 3.63) is 0 Å². The Bertz CT molecular complexity index is 386. The molecule has 0 fully saturated rings. The van der Waals surface area contributed by atoms with Crippen LogP contribution in [-0.4, -0.2) is 55.7 Å². The van der Waals surface area contributed by atoms with Crippen LogP contribution in [0.3, 0.4) is 0 Å². The molecule has 0 bridgehead atoms. The van der Waals surface area contributed by atoms with E-state index in [-0.39, 0.29) is 17.4 Å². The summed E-state index contributed by atoms with van der Waals surface area (Å²) in [6.07, 6.45) is 6.10. The Morgan fingerprint density at radius 3 is 0.839 bits per heavy atom. The minimum Gasteiger partial charge on any atom is -0.548 e. The van der Waals surface area contributed by atoms with Gasteiger partial charge in [0.2, 0.25) is 0 Å². The number of carboxylic acids is 3. The normalized spacial score (nSPS) is 12.6. The topological polar surface area (TPSA) is 277 Å². The van der Waals surface area contributed by atoms with E-state index < -0.39 is 36.0 Å². The number of rotatable bonds is 15. The molecule has 0 aromatic rings. The Balaban J connectivity index is -0.000000174. The molecule has 31 heavy (non-hydrogen) atoms. The molecule has 0 aromatic carbocycles. The molecular formula is C18H39CrN6O6. The molecule has 0 aliphatic rings. The maximum atomic E-state index is 10.0. The van der Waals surface area contributed by atoms with Crippen LogP contribution < -0.4 is 49.7 Å². The van der Waals surface area contributed by atoms with Gasteiger partial charge in [0.05, 0.1) is 17.9 Å². The minimum absolute atomic E-state index is 0. The molecule has 0 spiro atoms. The fourth-order valence-corrected chi connectivity index (χ4v) is 1.88. The van der Waals surface area contributed by atoms with Gasteiger partial charge in [-0.15, -0.1) is 0 Å². The molecule has 12 nitrogen and oxygen atoms in total. The summed E-state index contributed by atoms with van der Waals surface area (Å²) in [6, 6.07) is -2.48. The van der Waals surface area contributed by atoms with Crippen LogP contribution in [0.4, 0.5) is 0 Å². The fraction of sp³-hybridized carbons (Fsp3) is 0.833. The molecule has 13 heteroatoms. The van der Waals surface area contributed by atoms with Crippen molar-refractivity contribution in [2.75, 3.05) is 19.6 Å². The van der Waals surface area contributed by atoms with Crippen molar-refractivity contribution in [2.45, 2.75) is 75.9 Å². The third-order valence-electron chi connectivity index (χ3n) is 3.82. The van der Waals surface area contributed by atoms with E-state index in [2.05, 4.69) is 0 Å². The average Bonchev–Trinajstić information content (AvgIpc) is 2.69. The van der Waals surface area contributed by atoms with Crippen LogP contribution in [0.25, 0.3) is 0 Å². The number of hydrogen-bond donors (Lipinski definition) is 6. The van der Waals surface area contributed by atoms with Gasteiger partial charge in [-0.2, -0.15) is 0 Å². The molecule has 183 valence electrons. The van der Waals surface area contributed by atoms with Crippen LogP contribution >= 0.6 is 0 Å². The zero-order chi connectivity index (χ0) is 23.9. The van der Waals surface area contributed by atoms with E-state index in [0.29, 0.717) is 38.9 Å². The maximum Gasteiger partial charge on any atom is 3.00 e. The third kappa shape index (κ3) is 31.0. The fourth-order valence-electron chi connectivity index (χ4n) is 1.88. The molecule has 0 aromatic heterocycles. The monoisotopic (exact) mass is 487 g/mol. The van der Waals surface area contributed by atoms with Gasteiger partial charge in [-0.25, -0.2) is 0 Å². The second-order valence-electron chi connectivity index (χ2n) is 6.63. The largest absolute Gasteiger partial charge is 3.00 e. The summed E-state index contributed by atoms with van der Waals surface area (Å²) in [6.45, 7) is 1.75. The van der Waals surface area contributed by atoms with E-state index >= 15 is 0 Å². The summed E-state index contributed by atoms with van der Waals surface area (Å²) in [5, 5.41) is 30.1. The third-order valence-corrected chi connectivity index (χ3v) is 3.82. The van der Waals surface area contributed by atoms with Crippen molar-refractivity contribution in [2.24, 2.45) is 34.4 Å². The Labute approximate surface area is 195 Å². The molecule has 0 heterocycles. The molecule has 0 saturated carbocycles. The second kappa shape index (κ2) is 26.7. The quantitative estimate of drug-likeness (QED) is 0.118. The Morgan fingerprint density at radius 2 is 0.710 bits per heavy atom. The predicted octanol–water partition coefficient (Wildman–Crippen LogP) is -5.42. The van der Waals surface area contributed by atoms with E-state index in [1.165, 1.54) is 0 Å². The van der Waals surface area contributed by atoms with Gasteiger partial charge in [0, 0.05) is 18.1 Å². The Morgan fingerprint density at radius 1 is 0.516 bits per heavy atom. The molecule has 12 N–H and O–H groups in total. The van der Waals surface area contributed by atoms with Gasteiger partial charge in [-0.1, -0.05) is 19.3 Å². The number of carbonyl (C=O) groups excluding carboxylic acids is 3. The maximum absolute atomic E-state index is 10.0.